The van der Waals surface area contributed by atoms with Crippen LogP contribution in [0.3, 0.4) is 0 Å². The topological polar surface area (TPSA) is 49.3 Å². The second-order valence-corrected chi connectivity index (χ2v) is 5.13. The van der Waals surface area contributed by atoms with E-state index in [1.807, 2.05) is 30.3 Å². The van der Waals surface area contributed by atoms with Crippen LogP contribution in [0.25, 0.3) is 0 Å². The summed E-state index contributed by atoms with van der Waals surface area (Å²) in [6, 6.07) is 9.19. The van der Waals surface area contributed by atoms with E-state index in [1.54, 1.807) is 0 Å². The van der Waals surface area contributed by atoms with Crippen molar-refractivity contribution in [3.05, 3.63) is 35.9 Å². The first-order valence-corrected chi connectivity index (χ1v) is 6.74. The largest absolute Gasteiger partial charge is 0.480 e. The molecule has 3 heteroatoms. The third-order valence-corrected chi connectivity index (χ3v) is 3.90. The van der Waals surface area contributed by atoms with Crippen LogP contribution in [0, 0.1) is 5.92 Å². The summed E-state index contributed by atoms with van der Waals surface area (Å²) < 4.78 is 0. The minimum absolute atomic E-state index is 0.344. The van der Waals surface area contributed by atoms with Crippen molar-refractivity contribution in [3.8, 4) is 0 Å². The average Bonchev–Trinajstić information content (AvgIpc) is 2.84. The van der Waals surface area contributed by atoms with Gasteiger partial charge >= 0.3 is 5.97 Å². The lowest BCUT2D eigenvalue weighted by Crippen LogP contribution is -2.35. The van der Waals surface area contributed by atoms with E-state index in [9.17, 15) is 9.90 Å². The highest BCUT2D eigenvalue weighted by atomic mass is 16.4. The highest BCUT2D eigenvalue weighted by Crippen LogP contribution is 2.29. The minimum Gasteiger partial charge on any atom is -0.480 e. The second-order valence-electron chi connectivity index (χ2n) is 5.13. The Balaban J connectivity index is 2.02. The van der Waals surface area contributed by atoms with Crippen molar-refractivity contribution in [1.29, 1.82) is 0 Å². The molecule has 2 rings (SSSR count). The Bertz CT molecular complexity index is 391. The van der Waals surface area contributed by atoms with Crippen LogP contribution in [-0.4, -0.2) is 17.1 Å². The van der Waals surface area contributed by atoms with Gasteiger partial charge in [-0.3, -0.25) is 10.1 Å². The molecule has 3 unspecified atom stereocenters. The third kappa shape index (κ3) is 3.10. The fraction of sp³-hybridized carbons (Fsp3) is 0.533. The van der Waals surface area contributed by atoms with Gasteiger partial charge in [-0.15, -0.1) is 0 Å². The van der Waals surface area contributed by atoms with Crippen molar-refractivity contribution in [3.63, 3.8) is 0 Å². The lowest BCUT2D eigenvalue weighted by molar-refractivity contribution is -0.139. The van der Waals surface area contributed by atoms with Gasteiger partial charge in [0.05, 0.1) is 0 Å². The molecule has 3 atom stereocenters. The number of benzene rings is 1. The van der Waals surface area contributed by atoms with Crippen molar-refractivity contribution >= 4 is 5.97 Å². The molecule has 0 aromatic heterocycles. The first kappa shape index (κ1) is 13.1. The SMILES string of the molecule is CCC1CCC(NC(C(=O)O)c2ccccc2)C1. The van der Waals surface area contributed by atoms with Crippen LogP contribution in [-0.2, 0) is 4.79 Å². The summed E-state index contributed by atoms with van der Waals surface area (Å²) in [6.45, 7) is 2.21. The maximum Gasteiger partial charge on any atom is 0.325 e. The van der Waals surface area contributed by atoms with E-state index in [-0.39, 0.29) is 0 Å². The molecule has 0 amide bonds. The zero-order valence-electron chi connectivity index (χ0n) is 10.8. The number of carboxylic acid groups (broad SMARTS) is 1. The quantitative estimate of drug-likeness (QED) is 0.841. The van der Waals surface area contributed by atoms with Gasteiger partial charge in [-0.25, -0.2) is 0 Å². The van der Waals surface area contributed by atoms with E-state index < -0.39 is 12.0 Å². The van der Waals surface area contributed by atoms with Crippen molar-refractivity contribution < 1.29 is 9.90 Å². The molecule has 0 aliphatic heterocycles. The molecule has 0 spiro atoms. The number of nitrogens with one attached hydrogen (secondary N) is 1. The van der Waals surface area contributed by atoms with Crippen molar-refractivity contribution in [2.24, 2.45) is 5.92 Å². The predicted octanol–water partition coefficient (Wildman–Crippen LogP) is 2.98. The molecule has 1 aromatic carbocycles. The minimum atomic E-state index is -0.791. The van der Waals surface area contributed by atoms with Gasteiger partial charge in [0.25, 0.3) is 0 Å². The van der Waals surface area contributed by atoms with Gasteiger partial charge in [0.1, 0.15) is 6.04 Å². The van der Waals surface area contributed by atoms with Gasteiger partial charge in [0.15, 0.2) is 0 Å². The molecule has 3 nitrogen and oxygen atoms in total. The second kappa shape index (κ2) is 6.01. The van der Waals surface area contributed by atoms with Gasteiger partial charge in [0, 0.05) is 6.04 Å². The van der Waals surface area contributed by atoms with Crippen molar-refractivity contribution in [2.45, 2.75) is 44.7 Å². The fourth-order valence-electron chi connectivity index (χ4n) is 2.79. The molecular formula is C15H21NO2. The number of aliphatic carboxylic acids is 1. The fourth-order valence-corrected chi connectivity index (χ4v) is 2.79. The van der Waals surface area contributed by atoms with Gasteiger partial charge in [0.2, 0.25) is 0 Å². The lowest BCUT2D eigenvalue weighted by Gasteiger charge is -2.20. The normalized spacial score (nSPS) is 24.9. The average molecular weight is 247 g/mol. The Labute approximate surface area is 108 Å². The number of rotatable bonds is 5. The van der Waals surface area contributed by atoms with E-state index in [0.29, 0.717) is 6.04 Å². The number of hydrogen-bond donors (Lipinski definition) is 2. The number of carboxylic acids is 1. The highest BCUT2D eigenvalue weighted by molar-refractivity contribution is 5.75. The highest BCUT2D eigenvalue weighted by Gasteiger charge is 2.28. The summed E-state index contributed by atoms with van der Waals surface area (Å²) in [7, 11) is 0. The van der Waals surface area contributed by atoms with Gasteiger partial charge in [-0.2, -0.15) is 0 Å². The molecule has 98 valence electrons. The van der Waals surface area contributed by atoms with Crippen LogP contribution in [0.15, 0.2) is 30.3 Å². The van der Waals surface area contributed by atoms with Gasteiger partial charge in [-0.05, 0) is 30.7 Å². The summed E-state index contributed by atoms with van der Waals surface area (Å²) in [4.78, 5) is 11.4. The Morgan fingerprint density at radius 2 is 2.11 bits per heavy atom. The molecule has 1 saturated carbocycles. The summed E-state index contributed by atoms with van der Waals surface area (Å²) in [5, 5.41) is 12.6. The molecule has 1 aliphatic carbocycles. The van der Waals surface area contributed by atoms with Crippen LogP contribution in [0.4, 0.5) is 0 Å². The molecule has 1 fully saturated rings. The van der Waals surface area contributed by atoms with Crippen LogP contribution in [0.2, 0.25) is 0 Å². The summed E-state index contributed by atoms with van der Waals surface area (Å²) >= 11 is 0. The van der Waals surface area contributed by atoms with E-state index in [4.69, 9.17) is 0 Å². The van der Waals surface area contributed by atoms with Crippen LogP contribution < -0.4 is 5.32 Å². The van der Waals surface area contributed by atoms with E-state index in [1.165, 1.54) is 12.8 Å². The molecule has 2 N–H and O–H groups in total. The molecule has 18 heavy (non-hydrogen) atoms. The molecule has 0 radical (unpaired) electrons. The van der Waals surface area contributed by atoms with Crippen LogP contribution >= 0.6 is 0 Å². The number of carbonyl (C=O) groups is 1. The van der Waals surface area contributed by atoms with Crippen LogP contribution in [0.5, 0.6) is 0 Å². The summed E-state index contributed by atoms with van der Waals surface area (Å²) in [5.41, 5.74) is 0.838. The van der Waals surface area contributed by atoms with E-state index in [0.717, 1.165) is 24.3 Å². The summed E-state index contributed by atoms with van der Waals surface area (Å²) in [6.07, 6.45) is 4.61. The first-order valence-electron chi connectivity index (χ1n) is 6.74. The maximum absolute atomic E-state index is 11.4. The summed E-state index contributed by atoms with van der Waals surface area (Å²) in [5.74, 6) is -0.0335. The zero-order chi connectivity index (χ0) is 13.0. The van der Waals surface area contributed by atoms with E-state index >= 15 is 0 Å². The molecule has 1 aliphatic rings. The zero-order valence-corrected chi connectivity index (χ0v) is 10.8. The molecular weight excluding hydrogens is 226 g/mol. The Hall–Kier alpha value is -1.35. The van der Waals surface area contributed by atoms with Crippen molar-refractivity contribution in [1.82, 2.24) is 5.32 Å². The van der Waals surface area contributed by atoms with Crippen LogP contribution in [0.1, 0.15) is 44.2 Å². The third-order valence-electron chi connectivity index (χ3n) is 3.90. The standard InChI is InChI=1S/C15H21NO2/c1-2-11-8-9-13(10-11)16-14(15(17)18)12-6-4-3-5-7-12/h3-7,11,13-14,16H,2,8-10H2,1H3,(H,17,18). The molecule has 0 heterocycles. The molecule has 1 aromatic rings. The molecule has 0 bridgehead atoms. The monoisotopic (exact) mass is 247 g/mol. The smallest absolute Gasteiger partial charge is 0.325 e. The first-order chi connectivity index (χ1) is 8.70. The maximum atomic E-state index is 11.4. The van der Waals surface area contributed by atoms with Gasteiger partial charge in [-0.1, -0.05) is 43.7 Å². The Morgan fingerprint density at radius 1 is 1.39 bits per heavy atom. The van der Waals surface area contributed by atoms with Gasteiger partial charge < -0.3 is 5.11 Å². The lowest BCUT2D eigenvalue weighted by atomic mass is 10.0. The Morgan fingerprint density at radius 3 is 2.67 bits per heavy atom. The van der Waals surface area contributed by atoms with E-state index in [2.05, 4.69) is 12.2 Å². The Kier molecular flexibility index (Phi) is 4.37. The number of hydrogen-bond acceptors (Lipinski definition) is 2. The predicted molar refractivity (Wildman–Crippen MR) is 71.4 cm³/mol. The van der Waals surface area contributed by atoms with Crippen molar-refractivity contribution in [2.75, 3.05) is 0 Å². The molecule has 0 saturated heterocycles.